The van der Waals surface area contributed by atoms with E-state index in [2.05, 4.69) is 0 Å². The summed E-state index contributed by atoms with van der Waals surface area (Å²) in [7, 11) is 1.59. The molecule has 1 amide bonds. The van der Waals surface area contributed by atoms with Crippen molar-refractivity contribution in [2.75, 3.05) is 7.05 Å². The first-order valence-electron chi connectivity index (χ1n) is 8.89. The standard InChI is InChI=1S/C21H21NO6/c1-22(19(23)16-11-17(20(24)25)18(16)21(26)27)12-13-7-9-15(10-8-13)28-14-5-3-2-4-6-14/h2-10,16-18H,11-12H2,1H3,(H,24,25)(H,26,27). The molecule has 1 fully saturated rings. The van der Waals surface area contributed by atoms with E-state index in [4.69, 9.17) is 9.84 Å². The van der Waals surface area contributed by atoms with Gasteiger partial charge >= 0.3 is 11.9 Å². The number of ether oxygens (including phenoxy) is 1. The quantitative estimate of drug-likeness (QED) is 0.762. The number of aliphatic carboxylic acids is 2. The number of carboxylic acid groups (broad SMARTS) is 2. The van der Waals surface area contributed by atoms with Crippen molar-refractivity contribution in [1.82, 2.24) is 4.90 Å². The number of carbonyl (C=O) groups is 3. The van der Waals surface area contributed by atoms with Crippen molar-refractivity contribution < 1.29 is 29.3 Å². The Morgan fingerprint density at radius 3 is 2.11 bits per heavy atom. The first kappa shape index (κ1) is 19.4. The van der Waals surface area contributed by atoms with Crippen LogP contribution in [0.1, 0.15) is 12.0 Å². The van der Waals surface area contributed by atoms with E-state index < -0.39 is 29.7 Å². The molecule has 0 heterocycles. The molecule has 0 spiro atoms. The third-order valence-corrected chi connectivity index (χ3v) is 4.99. The van der Waals surface area contributed by atoms with Gasteiger partial charge in [-0.25, -0.2) is 0 Å². The Bertz CT molecular complexity index is 864. The van der Waals surface area contributed by atoms with Gasteiger partial charge in [0.05, 0.1) is 17.8 Å². The molecular weight excluding hydrogens is 362 g/mol. The maximum absolute atomic E-state index is 12.6. The number of amides is 1. The Labute approximate surface area is 162 Å². The van der Waals surface area contributed by atoms with Crippen molar-refractivity contribution in [1.29, 1.82) is 0 Å². The maximum Gasteiger partial charge on any atom is 0.308 e. The van der Waals surface area contributed by atoms with E-state index >= 15 is 0 Å². The first-order chi connectivity index (χ1) is 13.4. The normalized spacial score (nSPS) is 20.7. The lowest BCUT2D eigenvalue weighted by Gasteiger charge is -2.40. The van der Waals surface area contributed by atoms with E-state index in [0.717, 1.165) is 11.3 Å². The summed E-state index contributed by atoms with van der Waals surface area (Å²) >= 11 is 0. The van der Waals surface area contributed by atoms with Crippen LogP contribution < -0.4 is 4.74 Å². The number of nitrogens with zero attached hydrogens (tertiary/aromatic N) is 1. The lowest BCUT2D eigenvalue weighted by atomic mass is 9.64. The Morgan fingerprint density at radius 1 is 0.929 bits per heavy atom. The van der Waals surface area contributed by atoms with Crippen LogP contribution in [-0.4, -0.2) is 40.0 Å². The summed E-state index contributed by atoms with van der Waals surface area (Å²) in [4.78, 5) is 36.4. The van der Waals surface area contributed by atoms with Crippen LogP contribution in [0.15, 0.2) is 54.6 Å². The summed E-state index contributed by atoms with van der Waals surface area (Å²) in [5, 5.41) is 18.3. The highest BCUT2D eigenvalue weighted by Crippen LogP contribution is 2.42. The molecular formula is C21H21NO6. The molecule has 3 rings (SSSR count). The van der Waals surface area contributed by atoms with Crippen LogP contribution in [-0.2, 0) is 20.9 Å². The van der Waals surface area contributed by atoms with E-state index in [-0.39, 0.29) is 12.3 Å². The molecule has 0 aromatic heterocycles. The predicted octanol–water partition coefficient (Wildman–Crippen LogP) is 2.86. The van der Waals surface area contributed by atoms with Crippen molar-refractivity contribution in [3.63, 3.8) is 0 Å². The highest BCUT2D eigenvalue weighted by Gasteiger charge is 2.53. The fourth-order valence-electron chi connectivity index (χ4n) is 3.43. The van der Waals surface area contributed by atoms with Crippen LogP contribution in [0.4, 0.5) is 0 Å². The number of hydrogen-bond acceptors (Lipinski definition) is 4. The second-order valence-corrected chi connectivity index (χ2v) is 6.90. The van der Waals surface area contributed by atoms with E-state index in [9.17, 15) is 19.5 Å². The first-order valence-corrected chi connectivity index (χ1v) is 8.89. The van der Waals surface area contributed by atoms with Crippen molar-refractivity contribution in [3.05, 3.63) is 60.2 Å². The zero-order valence-electron chi connectivity index (χ0n) is 15.3. The monoisotopic (exact) mass is 383 g/mol. The summed E-state index contributed by atoms with van der Waals surface area (Å²) in [6.07, 6.45) is 0.0549. The van der Waals surface area contributed by atoms with Gasteiger partial charge < -0.3 is 19.8 Å². The molecule has 0 aliphatic heterocycles. The van der Waals surface area contributed by atoms with E-state index in [1.165, 1.54) is 4.90 Å². The van der Waals surface area contributed by atoms with Gasteiger partial charge in [0.2, 0.25) is 5.91 Å². The fraction of sp³-hybridized carbons (Fsp3) is 0.286. The summed E-state index contributed by atoms with van der Waals surface area (Å²) in [5.74, 6) is -4.36. The van der Waals surface area contributed by atoms with Crippen LogP contribution in [0.3, 0.4) is 0 Å². The minimum Gasteiger partial charge on any atom is -0.481 e. The smallest absolute Gasteiger partial charge is 0.308 e. The second kappa shape index (κ2) is 8.12. The Hall–Kier alpha value is -3.35. The fourth-order valence-corrected chi connectivity index (χ4v) is 3.43. The Morgan fingerprint density at radius 2 is 1.54 bits per heavy atom. The van der Waals surface area contributed by atoms with Crippen LogP contribution in [0.25, 0.3) is 0 Å². The summed E-state index contributed by atoms with van der Waals surface area (Å²) in [6.45, 7) is 0.297. The lowest BCUT2D eigenvalue weighted by molar-refractivity contribution is -0.171. The maximum atomic E-state index is 12.6. The molecule has 1 aliphatic rings. The van der Waals surface area contributed by atoms with Crippen molar-refractivity contribution in [2.24, 2.45) is 17.8 Å². The van der Waals surface area contributed by atoms with Gasteiger partial charge in [0.25, 0.3) is 0 Å². The van der Waals surface area contributed by atoms with Crippen molar-refractivity contribution in [3.8, 4) is 11.5 Å². The lowest BCUT2D eigenvalue weighted by Crippen LogP contribution is -2.52. The third kappa shape index (κ3) is 4.14. The van der Waals surface area contributed by atoms with Gasteiger partial charge in [-0.3, -0.25) is 14.4 Å². The summed E-state index contributed by atoms with van der Waals surface area (Å²) in [6, 6.07) is 16.6. The Balaban J connectivity index is 1.60. The molecule has 1 aliphatic carbocycles. The number of para-hydroxylation sites is 1. The molecule has 2 N–H and O–H groups in total. The van der Waals surface area contributed by atoms with Crippen molar-refractivity contribution in [2.45, 2.75) is 13.0 Å². The predicted molar refractivity (Wildman–Crippen MR) is 99.8 cm³/mol. The summed E-state index contributed by atoms with van der Waals surface area (Å²) in [5.41, 5.74) is 0.859. The molecule has 7 nitrogen and oxygen atoms in total. The molecule has 0 bridgehead atoms. The zero-order chi connectivity index (χ0) is 20.3. The van der Waals surface area contributed by atoms with Gasteiger partial charge in [0.15, 0.2) is 0 Å². The SMILES string of the molecule is CN(Cc1ccc(Oc2ccccc2)cc1)C(=O)C1CC(C(=O)O)C1C(=O)O. The van der Waals surface area contributed by atoms with E-state index in [1.54, 1.807) is 19.2 Å². The highest BCUT2D eigenvalue weighted by molar-refractivity contribution is 5.91. The van der Waals surface area contributed by atoms with E-state index in [0.29, 0.717) is 12.3 Å². The molecule has 2 aromatic carbocycles. The van der Waals surface area contributed by atoms with Crippen LogP contribution >= 0.6 is 0 Å². The number of rotatable bonds is 7. The molecule has 146 valence electrons. The molecule has 0 saturated heterocycles. The van der Waals surface area contributed by atoms with Crippen LogP contribution in [0.2, 0.25) is 0 Å². The molecule has 3 unspecified atom stereocenters. The van der Waals surface area contributed by atoms with Gasteiger partial charge in [-0.1, -0.05) is 30.3 Å². The minimum atomic E-state index is -1.24. The molecule has 0 radical (unpaired) electrons. The van der Waals surface area contributed by atoms with E-state index in [1.807, 2.05) is 42.5 Å². The van der Waals surface area contributed by atoms with Gasteiger partial charge in [0.1, 0.15) is 11.5 Å². The van der Waals surface area contributed by atoms with Gasteiger partial charge in [-0.05, 0) is 36.2 Å². The second-order valence-electron chi connectivity index (χ2n) is 6.90. The molecule has 3 atom stereocenters. The minimum absolute atomic E-state index is 0.0549. The van der Waals surface area contributed by atoms with Crippen LogP contribution in [0, 0.1) is 17.8 Å². The number of carboxylic acids is 2. The number of carbonyl (C=O) groups excluding carboxylic acids is 1. The number of hydrogen-bond donors (Lipinski definition) is 2. The molecule has 1 saturated carbocycles. The van der Waals surface area contributed by atoms with Crippen molar-refractivity contribution >= 4 is 17.8 Å². The number of benzene rings is 2. The van der Waals surface area contributed by atoms with Crippen LogP contribution in [0.5, 0.6) is 11.5 Å². The summed E-state index contributed by atoms with van der Waals surface area (Å²) < 4.78 is 5.72. The topological polar surface area (TPSA) is 104 Å². The van der Waals surface area contributed by atoms with Gasteiger partial charge in [-0.2, -0.15) is 0 Å². The largest absolute Gasteiger partial charge is 0.481 e. The Kier molecular flexibility index (Phi) is 5.63. The molecule has 7 heteroatoms. The average molecular weight is 383 g/mol. The highest BCUT2D eigenvalue weighted by atomic mass is 16.5. The molecule has 28 heavy (non-hydrogen) atoms. The molecule has 2 aromatic rings. The zero-order valence-corrected chi connectivity index (χ0v) is 15.3. The average Bonchev–Trinajstić information content (AvgIpc) is 2.62. The third-order valence-electron chi connectivity index (χ3n) is 4.99. The van der Waals surface area contributed by atoms with Gasteiger partial charge in [0, 0.05) is 13.6 Å². The van der Waals surface area contributed by atoms with Gasteiger partial charge in [-0.15, -0.1) is 0 Å².